The minimum Gasteiger partial charge on any atom is -0.469 e. The van der Waals surface area contributed by atoms with Gasteiger partial charge in [0.1, 0.15) is 11.3 Å². The number of rotatable bonds is 6. The van der Waals surface area contributed by atoms with Gasteiger partial charge < -0.3 is 24.3 Å². The van der Waals surface area contributed by atoms with Crippen LogP contribution in [-0.2, 0) is 20.8 Å². The standard InChI is InChI=1S/C24H38N4O5/c1-24(2,3)33-23(31)28-13-10-17(11-14-28)9-12-27-15-20(25-16-27)21(29)26-19-7-5-18(6-8-19)22(30)32-4/h15-19H,5-14H2,1-4H3,(H,26,29)/t18-,19-. The lowest BCUT2D eigenvalue weighted by molar-refractivity contribution is -0.146. The van der Waals surface area contributed by atoms with Gasteiger partial charge in [0.25, 0.3) is 5.91 Å². The van der Waals surface area contributed by atoms with Gasteiger partial charge in [-0.25, -0.2) is 9.78 Å². The van der Waals surface area contributed by atoms with Crippen molar-refractivity contribution < 1.29 is 23.9 Å². The van der Waals surface area contributed by atoms with Crippen LogP contribution in [0.25, 0.3) is 0 Å². The Morgan fingerprint density at radius 1 is 1.09 bits per heavy atom. The highest BCUT2D eigenvalue weighted by atomic mass is 16.6. The molecule has 0 unspecified atom stereocenters. The molecule has 1 aromatic rings. The number of esters is 1. The second kappa shape index (κ2) is 11.0. The molecule has 1 aromatic heterocycles. The van der Waals surface area contributed by atoms with Crippen molar-refractivity contribution in [3.8, 4) is 0 Å². The maximum atomic E-state index is 12.6. The molecule has 1 aliphatic heterocycles. The Kier molecular flexibility index (Phi) is 8.37. The highest BCUT2D eigenvalue weighted by Gasteiger charge is 2.29. The normalized spacial score (nSPS) is 22.0. The summed E-state index contributed by atoms with van der Waals surface area (Å²) in [5.41, 5.74) is -0.0493. The number of hydrogen-bond donors (Lipinski definition) is 1. The minimum atomic E-state index is -0.470. The number of carbonyl (C=O) groups excluding carboxylic acids is 3. The monoisotopic (exact) mass is 462 g/mol. The van der Waals surface area contributed by atoms with E-state index >= 15 is 0 Å². The van der Waals surface area contributed by atoms with Crippen LogP contribution >= 0.6 is 0 Å². The molecule has 2 fully saturated rings. The third kappa shape index (κ3) is 7.47. The van der Waals surface area contributed by atoms with Gasteiger partial charge in [-0.3, -0.25) is 9.59 Å². The lowest BCUT2D eigenvalue weighted by Crippen LogP contribution is -2.41. The van der Waals surface area contributed by atoms with Crippen LogP contribution in [0.3, 0.4) is 0 Å². The van der Waals surface area contributed by atoms with E-state index in [-0.39, 0.29) is 29.9 Å². The van der Waals surface area contributed by atoms with Crippen molar-refractivity contribution in [2.24, 2.45) is 11.8 Å². The van der Waals surface area contributed by atoms with Gasteiger partial charge in [-0.05, 0) is 71.6 Å². The predicted octanol–water partition coefficient (Wildman–Crippen LogP) is 3.38. The molecule has 0 radical (unpaired) electrons. The van der Waals surface area contributed by atoms with Crippen LogP contribution in [0.1, 0.15) is 76.2 Å². The third-order valence-corrected chi connectivity index (χ3v) is 6.52. The number of hydrogen-bond acceptors (Lipinski definition) is 6. The van der Waals surface area contributed by atoms with Crippen molar-refractivity contribution >= 4 is 18.0 Å². The maximum absolute atomic E-state index is 12.6. The summed E-state index contributed by atoms with van der Waals surface area (Å²) in [7, 11) is 1.42. The molecule has 0 aromatic carbocycles. The van der Waals surface area contributed by atoms with E-state index in [4.69, 9.17) is 9.47 Å². The lowest BCUT2D eigenvalue weighted by atomic mass is 9.86. The molecule has 2 aliphatic rings. The number of imidazole rings is 1. The number of amides is 2. The van der Waals surface area contributed by atoms with Crippen LogP contribution in [0.15, 0.2) is 12.5 Å². The van der Waals surface area contributed by atoms with E-state index < -0.39 is 5.60 Å². The topological polar surface area (TPSA) is 103 Å². The van der Waals surface area contributed by atoms with E-state index in [1.165, 1.54) is 7.11 Å². The molecular formula is C24H38N4O5. The van der Waals surface area contributed by atoms with Gasteiger partial charge in [0.15, 0.2) is 0 Å². The number of nitrogens with zero attached hydrogens (tertiary/aromatic N) is 3. The highest BCUT2D eigenvalue weighted by molar-refractivity contribution is 5.92. The summed E-state index contributed by atoms with van der Waals surface area (Å²) in [5, 5.41) is 3.05. The lowest BCUT2D eigenvalue weighted by Gasteiger charge is -2.33. The molecule has 9 nitrogen and oxygen atoms in total. The first-order valence-electron chi connectivity index (χ1n) is 12.0. The van der Waals surface area contributed by atoms with E-state index in [1.54, 1.807) is 17.4 Å². The van der Waals surface area contributed by atoms with E-state index in [9.17, 15) is 14.4 Å². The van der Waals surface area contributed by atoms with Gasteiger partial charge in [0, 0.05) is 31.9 Å². The van der Waals surface area contributed by atoms with E-state index in [0.29, 0.717) is 11.6 Å². The fourth-order valence-electron chi connectivity index (χ4n) is 4.56. The summed E-state index contributed by atoms with van der Waals surface area (Å²) in [6.07, 6.45) is 9.18. The Morgan fingerprint density at radius 2 is 1.76 bits per heavy atom. The first kappa shape index (κ1) is 25.1. The number of ether oxygens (including phenoxy) is 2. The second-order valence-electron chi connectivity index (χ2n) is 10.2. The zero-order chi connectivity index (χ0) is 24.0. The van der Waals surface area contributed by atoms with Gasteiger partial charge >= 0.3 is 12.1 Å². The van der Waals surface area contributed by atoms with Crippen molar-refractivity contribution in [1.29, 1.82) is 0 Å². The van der Waals surface area contributed by atoms with E-state index in [2.05, 4.69) is 10.3 Å². The number of piperidine rings is 1. The quantitative estimate of drug-likeness (QED) is 0.650. The van der Waals surface area contributed by atoms with Gasteiger partial charge in [-0.15, -0.1) is 0 Å². The van der Waals surface area contributed by atoms with Crippen LogP contribution in [0, 0.1) is 11.8 Å². The summed E-state index contributed by atoms with van der Waals surface area (Å²) in [5.74, 6) is 0.154. The maximum Gasteiger partial charge on any atom is 0.410 e. The summed E-state index contributed by atoms with van der Waals surface area (Å²) < 4.78 is 12.2. The molecule has 1 saturated carbocycles. The Balaban J connectivity index is 1.38. The minimum absolute atomic E-state index is 0.0571. The van der Waals surface area contributed by atoms with Crippen molar-refractivity contribution in [3.05, 3.63) is 18.2 Å². The summed E-state index contributed by atoms with van der Waals surface area (Å²) in [6, 6.07) is 0.0683. The number of carbonyl (C=O) groups is 3. The molecule has 1 saturated heterocycles. The molecular weight excluding hydrogens is 424 g/mol. The average molecular weight is 463 g/mol. The van der Waals surface area contributed by atoms with Gasteiger partial charge in [-0.2, -0.15) is 0 Å². The van der Waals surface area contributed by atoms with E-state index in [1.807, 2.05) is 25.3 Å². The fraction of sp³-hybridized carbons (Fsp3) is 0.750. The number of likely N-dealkylation sites (tertiary alicyclic amines) is 1. The van der Waals surface area contributed by atoms with Gasteiger partial charge in [0.05, 0.1) is 19.4 Å². The second-order valence-corrected chi connectivity index (χ2v) is 10.2. The van der Waals surface area contributed by atoms with Crippen molar-refractivity contribution in [3.63, 3.8) is 0 Å². The third-order valence-electron chi connectivity index (χ3n) is 6.52. The number of aromatic nitrogens is 2. The zero-order valence-corrected chi connectivity index (χ0v) is 20.3. The molecule has 0 bridgehead atoms. The Labute approximate surface area is 196 Å². The summed E-state index contributed by atoms with van der Waals surface area (Å²) in [6.45, 7) is 7.87. The Morgan fingerprint density at radius 3 is 2.36 bits per heavy atom. The van der Waals surface area contributed by atoms with Crippen molar-refractivity contribution in [2.75, 3.05) is 20.2 Å². The Bertz CT molecular complexity index is 815. The fourth-order valence-corrected chi connectivity index (χ4v) is 4.56. The van der Waals surface area contributed by atoms with E-state index in [0.717, 1.165) is 64.6 Å². The van der Waals surface area contributed by atoms with Crippen LogP contribution in [-0.4, -0.2) is 64.3 Å². The molecule has 3 rings (SSSR count). The molecule has 9 heteroatoms. The predicted molar refractivity (Wildman–Crippen MR) is 123 cm³/mol. The first-order valence-corrected chi connectivity index (χ1v) is 12.0. The molecule has 1 aliphatic carbocycles. The summed E-state index contributed by atoms with van der Waals surface area (Å²) >= 11 is 0. The van der Waals surface area contributed by atoms with Crippen LogP contribution < -0.4 is 5.32 Å². The molecule has 0 spiro atoms. The first-order chi connectivity index (χ1) is 15.6. The van der Waals surface area contributed by atoms with Crippen LogP contribution in [0.2, 0.25) is 0 Å². The average Bonchev–Trinajstić information content (AvgIpc) is 3.26. The SMILES string of the molecule is COC(=O)[C@H]1CC[C@H](NC(=O)c2cn(CCC3CCN(C(=O)OC(C)(C)C)CC3)cn2)CC1. The smallest absolute Gasteiger partial charge is 0.410 e. The van der Waals surface area contributed by atoms with Crippen LogP contribution in [0.4, 0.5) is 4.79 Å². The molecule has 1 N–H and O–H groups in total. The number of aryl methyl sites for hydroxylation is 1. The highest BCUT2D eigenvalue weighted by Crippen LogP contribution is 2.26. The molecule has 0 atom stereocenters. The van der Waals surface area contributed by atoms with Crippen molar-refractivity contribution in [2.45, 2.75) is 83.9 Å². The van der Waals surface area contributed by atoms with Crippen LogP contribution in [0.5, 0.6) is 0 Å². The largest absolute Gasteiger partial charge is 0.469 e. The Hall–Kier alpha value is -2.58. The summed E-state index contributed by atoms with van der Waals surface area (Å²) in [4.78, 5) is 42.5. The molecule has 184 valence electrons. The number of methoxy groups -OCH3 is 1. The number of nitrogens with one attached hydrogen (secondary N) is 1. The molecule has 2 heterocycles. The van der Waals surface area contributed by atoms with Gasteiger partial charge in [0.2, 0.25) is 0 Å². The molecule has 2 amide bonds. The van der Waals surface area contributed by atoms with Gasteiger partial charge in [-0.1, -0.05) is 0 Å². The molecule has 33 heavy (non-hydrogen) atoms. The zero-order valence-electron chi connectivity index (χ0n) is 20.3. The van der Waals surface area contributed by atoms with Crippen molar-refractivity contribution in [1.82, 2.24) is 19.8 Å².